The predicted octanol–water partition coefficient (Wildman–Crippen LogP) is 2.07. The first-order chi connectivity index (χ1) is 9.58. The van der Waals surface area contributed by atoms with Gasteiger partial charge in [-0.05, 0) is 25.0 Å². The second-order valence-electron chi connectivity index (χ2n) is 5.23. The Hall–Kier alpha value is -1.88. The fourth-order valence-electron chi connectivity index (χ4n) is 2.81. The third-order valence-electron chi connectivity index (χ3n) is 3.76. The molecular weight excluding hydrogens is 258 g/mol. The summed E-state index contributed by atoms with van der Waals surface area (Å²) in [7, 11) is 1.61. The monoisotopic (exact) mass is 277 g/mol. The summed E-state index contributed by atoms with van der Waals surface area (Å²) in [5.74, 6) is -1.44. The average molecular weight is 277 g/mol. The van der Waals surface area contributed by atoms with Crippen LogP contribution in [0.25, 0.3) is 0 Å². The molecule has 5 nitrogen and oxygen atoms in total. The summed E-state index contributed by atoms with van der Waals surface area (Å²) in [6.45, 7) is 0.452. The minimum atomic E-state index is -1.09. The number of carbonyl (C=O) groups excluding carboxylic acids is 1. The van der Waals surface area contributed by atoms with Crippen molar-refractivity contribution in [2.75, 3.05) is 13.7 Å². The van der Waals surface area contributed by atoms with Gasteiger partial charge in [-0.1, -0.05) is 25.0 Å². The molecular formula is C15H19NO4. The van der Waals surface area contributed by atoms with Gasteiger partial charge in [0.25, 0.3) is 5.91 Å². The maximum Gasteiger partial charge on any atom is 0.336 e. The number of carboxylic acid groups (broad SMARTS) is 1. The van der Waals surface area contributed by atoms with Crippen molar-refractivity contribution in [2.45, 2.75) is 31.2 Å². The van der Waals surface area contributed by atoms with E-state index in [0.717, 1.165) is 25.7 Å². The van der Waals surface area contributed by atoms with Crippen LogP contribution in [0.4, 0.5) is 0 Å². The molecule has 1 amide bonds. The third-order valence-corrected chi connectivity index (χ3v) is 3.76. The Kier molecular flexibility index (Phi) is 4.39. The molecule has 0 bridgehead atoms. The molecule has 2 rings (SSSR count). The van der Waals surface area contributed by atoms with Crippen LogP contribution in [-0.4, -0.2) is 36.2 Å². The number of carboxylic acids is 1. The molecule has 0 radical (unpaired) electrons. The van der Waals surface area contributed by atoms with Gasteiger partial charge in [0.1, 0.15) is 0 Å². The molecule has 0 aromatic heterocycles. The van der Waals surface area contributed by atoms with Gasteiger partial charge >= 0.3 is 5.97 Å². The first kappa shape index (κ1) is 14.5. The van der Waals surface area contributed by atoms with E-state index in [1.807, 2.05) is 0 Å². The minimum absolute atomic E-state index is 0.0237. The second-order valence-corrected chi connectivity index (χ2v) is 5.23. The topological polar surface area (TPSA) is 75.6 Å². The molecule has 1 aliphatic rings. The summed E-state index contributed by atoms with van der Waals surface area (Å²) in [6.07, 6.45) is 3.82. The standard InChI is InChI=1S/C15H19NO4/c1-20-10-15(8-4-5-9-15)16-13(17)11-6-2-3-7-12(11)14(18)19/h2-3,6-7H,4-5,8-10H2,1H3,(H,16,17)(H,18,19). The number of ether oxygens (including phenoxy) is 1. The van der Waals surface area contributed by atoms with Crippen molar-refractivity contribution < 1.29 is 19.4 Å². The summed E-state index contributed by atoms with van der Waals surface area (Å²) in [5, 5.41) is 12.1. The van der Waals surface area contributed by atoms with E-state index in [4.69, 9.17) is 9.84 Å². The van der Waals surface area contributed by atoms with E-state index in [2.05, 4.69) is 5.32 Å². The molecule has 2 N–H and O–H groups in total. The highest BCUT2D eigenvalue weighted by Crippen LogP contribution is 2.30. The average Bonchev–Trinajstić information content (AvgIpc) is 2.87. The van der Waals surface area contributed by atoms with Crippen LogP contribution in [0.3, 0.4) is 0 Å². The van der Waals surface area contributed by atoms with Crippen LogP contribution in [-0.2, 0) is 4.74 Å². The summed E-state index contributed by atoms with van der Waals surface area (Å²) in [6, 6.07) is 6.25. The molecule has 108 valence electrons. The minimum Gasteiger partial charge on any atom is -0.478 e. The molecule has 1 fully saturated rings. The van der Waals surface area contributed by atoms with E-state index in [0.29, 0.717) is 6.61 Å². The van der Waals surface area contributed by atoms with E-state index in [-0.39, 0.29) is 22.6 Å². The van der Waals surface area contributed by atoms with E-state index in [1.165, 1.54) is 12.1 Å². The zero-order valence-electron chi connectivity index (χ0n) is 11.5. The van der Waals surface area contributed by atoms with Crippen molar-refractivity contribution in [1.29, 1.82) is 0 Å². The van der Waals surface area contributed by atoms with Crippen LogP contribution < -0.4 is 5.32 Å². The number of benzene rings is 1. The van der Waals surface area contributed by atoms with Crippen LogP contribution >= 0.6 is 0 Å². The van der Waals surface area contributed by atoms with Crippen molar-refractivity contribution in [3.05, 3.63) is 35.4 Å². The molecule has 0 saturated heterocycles. The van der Waals surface area contributed by atoms with Crippen LogP contribution in [0.2, 0.25) is 0 Å². The fraction of sp³-hybridized carbons (Fsp3) is 0.467. The van der Waals surface area contributed by atoms with Gasteiger partial charge in [-0.25, -0.2) is 4.79 Å². The van der Waals surface area contributed by atoms with Crippen molar-refractivity contribution in [2.24, 2.45) is 0 Å². The second kappa shape index (κ2) is 6.05. The number of nitrogens with one attached hydrogen (secondary N) is 1. The van der Waals surface area contributed by atoms with Crippen molar-refractivity contribution in [1.82, 2.24) is 5.32 Å². The molecule has 1 saturated carbocycles. The van der Waals surface area contributed by atoms with Gasteiger partial charge in [-0.15, -0.1) is 0 Å². The highest BCUT2D eigenvalue weighted by atomic mass is 16.5. The van der Waals surface area contributed by atoms with Gasteiger partial charge in [0.2, 0.25) is 0 Å². The lowest BCUT2D eigenvalue weighted by molar-refractivity contribution is 0.0680. The molecule has 0 spiro atoms. The van der Waals surface area contributed by atoms with E-state index in [9.17, 15) is 9.59 Å². The lowest BCUT2D eigenvalue weighted by atomic mass is 9.97. The van der Waals surface area contributed by atoms with Gasteiger partial charge in [0.05, 0.1) is 23.3 Å². The Balaban J connectivity index is 2.21. The zero-order valence-corrected chi connectivity index (χ0v) is 11.5. The number of methoxy groups -OCH3 is 1. The number of hydrogen-bond donors (Lipinski definition) is 2. The van der Waals surface area contributed by atoms with Crippen LogP contribution in [0, 0.1) is 0 Å². The van der Waals surface area contributed by atoms with E-state index in [1.54, 1.807) is 19.2 Å². The summed E-state index contributed by atoms with van der Waals surface area (Å²) >= 11 is 0. The molecule has 20 heavy (non-hydrogen) atoms. The number of aromatic carboxylic acids is 1. The molecule has 1 aromatic rings. The molecule has 5 heteroatoms. The lowest BCUT2D eigenvalue weighted by Gasteiger charge is -2.29. The van der Waals surface area contributed by atoms with E-state index >= 15 is 0 Å². The van der Waals surface area contributed by atoms with Crippen molar-refractivity contribution in [3.63, 3.8) is 0 Å². The zero-order chi connectivity index (χ0) is 14.6. The smallest absolute Gasteiger partial charge is 0.336 e. The van der Waals surface area contributed by atoms with Crippen LogP contribution in [0.15, 0.2) is 24.3 Å². The van der Waals surface area contributed by atoms with Gasteiger partial charge in [0, 0.05) is 7.11 Å². The number of rotatable bonds is 5. The Morgan fingerprint density at radius 3 is 2.40 bits per heavy atom. The Labute approximate surface area is 117 Å². The first-order valence-electron chi connectivity index (χ1n) is 6.72. The molecule has 0 unspecified atom stereocenters. The Morgan fingerprint density at radius 2 is 1.85 bits per heavy atom. The molecule has 1 aromatic carbocycles. The molecule has 1 aliphatic carbocycles. The lowest BCUT2D eigenvalue weighted by Crippen LogP contribution is -2.50. The maximum atomic E-state index is 12.4. The van der Waals surface area contributed by atoms with Gasteiger partial charge in [0.15, 0.2) is 0 Å². The number of amides is 1. The summed E-state index contributed by atoms with van der Waals surface area (Å²) < 4.78 is 5.21. The number of hydrogen-bond acceptors (Lipinski definition) is 3. The first-order valence-corrected chi connectivity index (χ1v) is 6.72. The maximum absolute atomic E-state index is 12.4. The molecule has 0 atom stereocenters. The SMILES string of the molecule is COCC1(NC(=O)c2ccccc2C(=O)O)CCCC1. The molecule has 0 heterocycles. The number of carbonyl (C=O) groups is 2. The van der Waals surface area contributed by atoms with Crippen molar-refractivity contribution >= 4 is 11.9 Å². The van der Waals surface area contributed by atoms with Crippen LogP contribution in [0.1, 0.15) is 46.4 Å². The third kappa shape index (κ3) is 2.99. The molecule has 0 aliphatic heterocycles. The largest absolute Gasteiger partial charge is 0.478 e. The Bertz CT molecular complexity index is 506. The fourth-order valence-corrected chi connectivity index (χ4v) is 2.81. The van der Waals surface area contributed by atoms with Gasteiger partial charge in [-0.2, -0.15) is 0 Å². The Morgan fingerprint density at radius 1 is 1.25 bits per heavy atom. The normalized spacial score (nSPS) is 16.9. The van der Waals surface area contributed by atoms with Crippen LogP contribution in [0.5, 0.6) is 0 Å². The van der Waals surface area contributed by atoms with E-state index < -0.39 is 5.97 Å². The predicted molar refractivity (Wildman–Crippen MR) is 73.9 cm³/mol. The summed E-state index contributed by atoms with van der Waals surface area (Å²) in [5.41, 5.74) is -0.143. The van der Waals surface area contributed by atoms with Gasteiger partial charge in [-0.3, -0.25) is 4.79 Å². The highest BCUT2D eigenvalue weighted by molar-refractivity contribution is 6.05. The van der Waals surface area contributed by atoms with Crippen molar-refractivity contribution in [3.8, 4) is 0 Å². The quantitative estimate of drug-likeness (QED) is 0.864. The van der Waals surface area contributed by atoms with Gasteiger partial charge < -0.3 is 15.2 Å². The highest BCUT2D eigenvalue weighted by Gasteiger charge is 2.36. The summed E-state index contributed by atoms with van der Waals surface area (Å²) in [4.78, 5) is 23.5.